The highest BCUT2D eigenvalue weighted by Crippen LogP contribution is 2.32. The second kappa shape index (κ2) is 6.25. The average Bonchev–Trinajstić information content (AvgIpc) is 3.06. The molecule has 0 aliphatic heterocycles. The third-order valence-corrected chi connectivity index (χ3v) is 5.34. The highest BCUT2D eigenvalue weighted by molar-refractivity contribution is 9.12. The molecule has 0 unspecified atom stereocenters. The SMILES string of the molecule is O=C(Cn1cc(-c2ccccc2)cn1)c1cc(Br)sc1Br. The second-order valence-corrected chi connectivity index (χ2v) is 8.20. The van der Waals surface area contributed by atoms with Crippen LogP contribution in [-0.4, -0.2) is 15.6 Å². The third-order valence-electron chi connectivity index (χ3n) is 3.00. The number of nitrogens with zero attached hydrogens (tertiary/aromatic N) is 2. The van der Waals surface area contributed by atoms with Gasteiger partial charge in [0.2, 0.25) is 0 Å². The van der Waals surface area contributed by atoms with Crippen molar-refractivity contribution in [1.82, 2.24) is 9.78 Å². The molecule has 0 saturated carbocycles. The summed E-state index contributed by atoms with van der Waals surface area (Å²) in [5, 5.41) is 4.27. The van der Waals surface area contributed by atoms with Crippen molar-refractivity contribution in [1.29, 1.82) is 0 Å². The normalized spacial score (nSPS) is 10.8. The fourth-order valence-electron chi connectivity index (χ4n) is 1.99. The molecule has 0 aliphatic carbocycles. The molecule has 0 spiro atoms. The summed E-state index contributed by atoms with van der Waals surface area (Å²) in [4.78, 5) is 12.3. The Kier molecular flexibility index (Phi) is 4.37. The molecule has 0 saturated heterocycles. The standard InChI is InChI=1S/C15H10Br2N2OS/c16-14-6-12(15(17)21-14)13(20)9-19-8-11(7-18-19)10-4-2-1-3-5-10/h1-8H,9H2. The lowest BCUT2D eigenvalue weighted by molar-refractivity contribution is 0.0967. The van der Waals surface area contributed by atoms with E-state index in [0.717, 1.165) is 18.7 Å². The van der Waals surface area contributed by atoms with Crippen molar-refractivity contribution in [3.05, 3.63) is 61.9 Å². The zero-order valence-electron chi connectivity index (χ0n) is 10.8. The maximum absolute atomic E-state index is 12.3. The molecule has 3 nitrogen and oxygen atoms in total. The van der Waals surface area contributed by atoms with E-state index in [0.29, 0.717) is 5.56 Å². The molecule has 0 fully saturated rings. The first kappa shape index (κ1) is 14.7. The van der Waals surface area contributed by atoms with Crippen molar-refractivity contribution in [2.45, 2.75) is 6.54 Å². The molecular formula is C15H10Br2N2OS. The van der Waals surface area contributed by atoms with E-state index in [4.69, 9.17) is 0 Å². The molecule has 2 aromatic heterocycles. The number of hydrogen-bond acceptors (Lipinski definition) is 3. The molecule has 21 heavy (non-hydrogen) atoms. The van der Waals surface area contributed by atoms with Crippen molar-refractivity contribution < 1.29 is 4.79 Å². The molecule has 0 amide bonds. The molecule has 3 aromatic rings. The van der Waals surface area contributed by atoms with E-state index in [1.54, 1.807) is 10.9 Å². The Balaban J connectivity index is 1.79. The Morgan fingerprint density at radius 3 is 2.62 bits per heavy atom. The summed E-state index contributed by atoms with van der Waals surface area (Å²) in [7, 11) is 0. The predicted molar refractivity (Wildman–Crippen MR) is 91.7 cm³/mol. The lowest BCUT2D eigenvalue weighted by Gasteiger charge is -2.00. The van der Waals surface area contributed by atoms with Gasteiger partial charge in [-0.3, -0.25) is 9.48 Å². The maximum atomic E-state index is 12.3. The number of halogens is 2. The van der Waals surface area contributed by atoms with Gasteiger partial charge in [-0.1, -0.05) is 30.3 Å². The van der Waals surface area contributed by atoms with Gasteiger partial charge in [0.1, 0.15) is 6.54 Å². The summed E-state index contributed by atoms with van der Waals surface area (Å²) in [5.41, 5.74) is 2.79. The topological polar surface area (TPSA) is 34.9 Å². The van der Waals surface area contributed by atoms with E-state index in [-0.39, 0.29) is 12.3 Å². The number of carbonyl (C=O) groups is 1. The van der Waals surface area contributed by atoms with Crippen LogP contribution >= 0.6 is 43.2 Å². The smallest absolute Gasteiger partial charge is 0.186 e. The largest absolute Gasteiger partial charge is 0.292 e. The number of hydrogen-bond donors (Lipinski definition) is 0. The minimum Gasteiger partial charge on any atom is -0.292 e. The molecule has 0 aliphatic rings. The minimum atomic E-state index is 0.0338. The third kappa shape index (κ3) is 3.33. The van der Waals surface area contributed by atoms with Gasteiger partial charge < -0.3 is 0 Å². The number of Topliss-reactive ketones (excluding diaryl/α,β-unsaturated/α-hetero) is 1. The van der Waals surface area contributed by atoms with Crippen LogP contribution in [0.2, 0.25) is 0 Å². The number of aromatic nitrogens is 2. The molecule has 0 atom stereocenters. The van der Waals surface area contributed by atoms with Crippen molar-refractivity contribution in [2.24, 2.45) is 0 Å². The van der Waals surface area contributed by atoms with Crippen LogP contribution in [-0.2, 0) is 6.54 Å². The summed E-state index contributed by atoms with van der Waals surface area (Å²) in [6, 6.07) is 11.8. The highest BCUT2D eigenvalue weighted by Gasteiger charge is 2.14. The molecule has 106 valence electrons. The van der Waals surface area contributed by atoms with Crippen LogP contribution in [0, 0.1) is 0 Å². The first-order valence-corrected chi connectivity index (χ1v) is 8.59. The fraction of sp³-hybridized carbons (Fsp3) is 0.0667. The lowest BCUT2D eigenvalue weighted by Crippen LogP contribution is -2.10. The van der Waals surface area contributed by atoms with Crippen LogP contribution in [0.5, 0.6) is 0 Å². The molecular weight excluding hydrogens is 416 g/mol. The van der Waals surface area contributed by atoms with E-state index >= 15 is 0 Å². The molecule has 0 radical (unpaired) electrons. The van der Waals surface area contributed by atoms with E-state index in [1.807, 2.05) is 42.6 Å². The Hall–Kier alpha value is -1.24. The van der Waals surface area contributed by atoms with E-state index in [2.05, 4.69) is 37.0 Å². The Labute approximate surface area is 142 Å². The van der Waals surface area contributed by atoms with Crippen LogP contribution < -0.4 is 0 Å². The molecule has 6 heteroatoms. The molecule has 3 rings (SSSR count). The van der Waals surface area contributed by atoms with Crippen molar-refractivity contribution in [2.75, 3.05) is 0 Å². The number of thiophene rings is 1. The monoisotopic (exact) mass is 424 g/mol. The van der Waals surface area contributed by atoms with Crippen LogP contribution in [0.1, 0.15) is 10.4 Å². The summed E-state index contributed by atoms with van der Waals surface area (Å²) < 4.78 is 3.45. The van der Waals surface area contributed by atoms with Gasteiger partial charge >= 0.3 is 0 Å². The highest BCUT2D eigenvalue weighted by atomic mass is 79.9. The molecule has 0 N–H and O–H groups in total. The van der Waals surface area contributed by atoms with Crippen LogP contribution in [0.25, 0.3) is 11.1 Å². The maximum Gasteiger partial charge on any atom is 0.186 e. The predicted octanol–water partition coefficient (Wildman–Crippen LogP) is 5.02. The Morgan fingerprint density at radius 1 is 1.19 bits per heavy atom. The van der Waals surface area contributed by atoms with Gasteiger partial charge in [-0.2, -0.15) is 5.10 Å². The van der Waals surface area contributed by atoms with E-state index in [9.17, 15) is 4.79 Å². The first-order chi connectivity index (χ1) is 10.1. The van der Waals surface area contributed by atoms with E-state index < -0.39 is 0 Å². The van der Waals surface area contributed by atoms with Crippen LogP contribution in [0.15, 0.2) is 56.4 Å². The zero-order chi connectivity index (χ0) is 14.8. The summed E-state index contributed by atoms with van der Waals surface area (Å²) in [6.07, 6.45) is 3.67. The van der Waals surface area contributed by atoms with Crippen molar-refractivity contribution >= 4 is 49.0 Å². The summed E-state index contributed by atoms with van der Waals surface area (Å²) >= 11 is 8.29. The number of carbonyl (C=O) groups excluding carboxylic acids is 1. The van der Waals surface area contributed by atoms with Crippen molar-refractivity contribution in [3.8, 4) is 11.1 Å². The van der Waals surface area contributed by atoms with Crippen molar-refractivity contribution in [3.63, 3.8) is 0 Å². The fourth-order valence-corrected chi connectivity index (χ4v) is 4.85. The molecule has 0 bridgehead atoms. The number of benzene rings is 1. The van der Waals surface area contributed by atoms with Gasteiger partial charge in [-0.15, -0.1) is 11.3 Å². The number of rotatable bonds is 4. The quantitative estimate of drug-likeness (QED) is 0.550. The van der Waals surface area contributed by atoms with Gasteiger partial charge in [0.25, 0.3) is 0 Å². The Morgan fingerprint density at radius 2 is 1.95 bits per heavy atom. The summed E-state index contributed by atoms with van der Waals surface area (Å²) in [5.74, 6) is 0.0338. The van der Waals surface area contributed by atoms with Gasteiger partial charge in [0.15, 0.2) is 5.78 Å². The van der Waals surface area contributed by atoms with Crippen LogP contribution in [0.4, 0.5) is 0 Å². The molecule has 1 aromatic carbocycles. The van der Waals surface area contributed by atoms with Gasteiger partial charge in [0, 0.05) is 17.3 Å². The zero-order valence-corrected chi connectivity index (χ0v) is 14.8. The minimum absolute atomic E-state index is 0.0338. The average molecular weight is 426 g/mol. The number of ketones is 1. The Bertz CT molecular complexity index is 780. The van der Waals surface area contributed by atoms with E-state index in [1.165, 1.54) is 11.3 Å². The second-order valence-electron chi connectivity index (χ2n) is 4.45. The lowest BCUT2D eigenvalue weighted by atomic mass is 10.1. The van der Waals surface area contributed by atoms with Gasteiger partial charge in [-0.05, 0) is 43.5 Å². The first-order valence-electron chi connectivity index (χ1n) is 6.19. The molecule has 2 heterocycles. The van der Waals surface area contributed by atoms with Crippen LogP contribution in [0.3, 0.4) is 0 Å². The van der Waals surface area contributed by atoms with Gasteiger partial charge in [-0.25, -0.2) is 0 Å². The van der Waals surface area contributed by atoms with Gasteiger partial charge in [0.05, 0.1) is 13.8 Å². The summed E-state index contributed by atoms with van der Waals surface area (Å²) in [6.45, 7) is 0.231.